The van der Waals surface area contributed by atoms with Gasteiger partial charge in [-0.05, 0) is 44.5 Å². The number of hydrogen-bond acceptors (Lipinski definition) is 5. The summed E-state index contributed by atoms with van der Waals surface area (Å²) in [5.41, 5.74) is 1.11. The Labute approximate surface area is 162 Å². The molecule has 2 amide bonds. The minimum absolute atomic E-state index is 0.0613. The van der Waals surface area contributed by atoms with E-state index in [1.165, 1.54) is 4.90 Å². The number of cyclic esters (lactones) is 1. The number of hydrogen-bond donors (Lipinski definition) is 0. The molecule has 2 aliphatic rings. The van der Waals surface area contributed by atoms with Crippen molar-refractivity contribution in [1.82, 2.24) is 0 Å². The quantitative estimate of drug-likeness (QED) is 0.607. The van der Waals surface area contributed by atoms with Crippen LogP contribution in [0.5, 0.6) is 0 Å². The van der Waals surface area contributed by atoms with Crippen LogP contribution in [0, 0.1) is 12.8 Å². The van der Waals surface area contributed by atoms with Crippen LogP contribution in [0.15, 0.2) is 59.6 Å². The van der Waals surface area contributed by atoms with Crippen molar-refractivity contribution in [1.29, 1.82) is 0 Å². The molecule has 0 aliphatic carbocycles. The molecule has 2 heterocycles. The Morgan fingerprint density at radius 1 is 1.07 bits per heavy atom. The Kier molecular flexibility index (Phi) is 4.34. The highest BCUT2D eigenvalue weighted by atomic mass is 16.6. The van der Waals surface area contributed by atoms with E-state index in [-0.39, 0.29) is 30.6 Å². The average Bonchev–Trinajstić information content (AvgIpc) is 3.12. The summed E-state index contributed by atoms with van der Waals surface area (Å²) in [6, 6.07) is 16.4. The summed E-state index contributed by atoms with van der Waals surface area (Å²) >= 11 is 0. The van der Waals surface area contributed by atoms with Crippen LogP contribution < -0.4 is 4.90 Å². The molecule has 28 heavy (non-hydrogen) atoms. The maximum absolute atomic E-state index is 12.9. The molecule has 0 saturated carbocycles. The summed E-state index contributed by atoms with van der Waals surface area (Å²) in [6.45, 7) is 3.59. The van der Waals surface area contributed by atoms with Crippen LogP contribution in [0.2, 0.25) is 0 Å². The molecule has 0 N–H and O–H groups in total. The van der Waals surface area contributed by atoms with Gasteiger partial charge in [-0.3, -0.25) is 14.5 Å². The van der Waals surface area contributed by atoms with Crippen molar-refractivity contribution in [3.8, 4) is 0 Å². The molecule has 0 radical (unpaired) electrons. The zero-order chi connectivity index (χ0) is 19.9. The summed E-state index contributed by atoms with van der Waals surface area (Å²) in [4.78, 5) is 43.5. The summed E-state index contributed by atoms with van der Waals surface area (Å²) < 4.78 is 5.36. The smallest absolute Gasteiger partial charge is 0.340 e. The number of nitrogens with zero attached hydrogens (tertiary/aromatic N) is 2. The number of imide groups is 1. The first-order chi connectivity index (χ1) is 13.4. The molecule has 0 unspecified atom stereocenters. The first-order valence-corrected chi connectivity index (χ1v) is 9.18. The van der Waals surface area contributed by atoms with Crippen LogP contribution in [0.25, 0.3) is 0 Å². The minimum Gasteiger partial charge on any atom is -0.405 e. The lowest BCUT2D eigenvalue weighted by Crippen LogP contribution is -2.36. The van der Waals surface area contributed by atoms with Gasteiger partial charge in [0.1, 0.15) is 0 Å². The molecule has 142 valence electrons. The van der Waals surface area contributed by atoms with E-state index >= 15 is 0 Å². The van der Waals surface area contributed by atoms with Gasteiger partial charge in [0.25, 0.3) is 0 Å². The fraction of sp³-hybridized carbons (Fsp3) is 0.273. The lowest BCUT2D eigenvalue weighted by atomic mass is 9.88. The lowest BCUT2D eigenvalue weighted by molar-refractivity contribution is -0.139. The van der Waals surface area contributed by atoms with E-state index in [2.05, 4.69) is 4.99 Å². The third-order valence-corrected chi connectivity index (χ3v) is 5.17. The predicted octanol–water partition coefficient (Wildman–Crippen LogP) is 3.03. The van der Waals surface area contributed by atoms with Crippen molar-refractivity contribution < 1.29 is 19.1 Å². The maximum Gasteiger partial charge on any atom is 0.340 e. The van der Waals surface area contributed by atoms with E-state index in [1.54, 1.807) is 31.2 Å². The number of esters is 1. The van der Waals surface area contributed by atoms with E-state index in [0.29, 0.717) is 11.3 Å². The van der Waals surface area contributed by atoms with E-state index < -0.39 is 17.4 Å². The van der Waals surface area contributed by atoms with Gasteiger partial charge in [-0.2, -0.15) is 0 Å². The van der Waals surface area contributed by atoms with Crippen molar-refractivity contribution in [2.24, 2.45) is 10.9 Å². The molecule has 1 saturated heterocycles. The van der Waals surface area contributed by atoms with Crippen molar-refractivity contribution in [2.45, 2.75) is 32.2 Å². The highest BCUT2D eigenvalue weighted by molar-refractivity contribution is 6.21. The molecule has 0 bridgehead atoms. The maximum atomic E-state index is 12.9. The Bertz CT molecular complexity index is 981. The second-order valence-corrected chi connectivity index (χ2v) is 7.45. The zero-order valence-electron chi connectivity index (χ0n) is 15.7. The van der Waals surface area contributed by atoms with Crippen LogP contribution in [0.4, 0.5) is 5.69 Å². The first kappa shape index (κ1) is 18.1. The SMILES string of the molecule is Cc1ccc(N2C(=O)C[C@@H](C[C@]3(C)N=C(c4ccccc4)OC3=O)C2=O)cc1. The number of carbonyl (C=O) groups is 3. The lowest BCUT2D eigenvalue weighted by Gasteiger charge is -2.20. The summed E-state index contributed by atoms with van der Waals surface area (Å²) in [7, 11) is 0. The predicted molar refractivity (Wildman–Crippen MR) is 104 cm³/mol. The van der Waals surface area contributed by atoms with Crippen LogP contribution in [-0.4, -0.2) is 29.2 Å². The Morgan fingerprint density at radius 3 is 2.43 bits per heavy atom. The summed E-state index contributed by atoms with van der Waals surface area (Å²) in [5, 5.41) is 0. The number of ether oxygens (including phenoxy) is 1. The Balaban J connectivity index is 1.56. The van der Waals surface area contributed by atoms with Crippen molar-refractivity contribution in [3.63, 3.8) is 0 Å². The van der Waals surface area contributed by atoms with E-state index in [0.717, 1.165) is 5.56 Å². The molecule has 6 nitrogen and oxygen atoms in total. The van der Waals surface area contributed by atoms with Crippen molar-refractivity contribution in [2.75, 3.05) is 4.90 Å². The number of aliphatic imine (C=N–C) groups is 1. The Hall–Kier alpha value is -3.28. The molecule has 2 aromatic rings. The van der Waals surface area contributed by atoms with Crippen molar-refractivity contribution >= 4 is 29.4 Å². The minimum atomic E-state index is -1.19. The summed E-state index contributed by atoms with van der Waals surface area (Å²) in [6.07, 6.45) is 0.195. The average molecular weight is 376 g/mol. The number of amides is 2. The van der Waals surface area contributed by atoms with E-state index in [4.69, 9.17) is 4.74 Å². The van der Waals surface area contributed by atoms with E-state index in [1.807, 2.05) is 37.3 Å². The standard InChI is InChI=1S/C22H20N2O4/c1-14-8-10-17(11-9-14)24-18(25)12-16(20(24)26)13-22(2)21(27)28-19(23-22)15-6-4-3-5-7-15/h3-11,16H,12-13H2,1-2H3/t16-,22-/m0/s1. The second kappa shape index (κ2) is 6.71. The van der Waals surface area contributed by atoms with E-state index in [9.17, 15) is 14.4 Å². The molecule has 1 fully saturated rings. The molecule has 2 aromatic carbocycles. The largest absolute Gasteiger partial charge is 0.405 e. The highest BCUT2D eigenvalue weighted by Crippen LogP contribution is 2.36. The highest BCUT2D eigenvalue weighted by Gasteiger charge is 2.49. The molecule has 0 spiro atoms. The topological polar surface area (TPSA) is 76.0 Å². The number of carbonyl (C=O) groups excluding carboxylic acids is 3. The second-order valence-electron chi connectivity index (χ2n) is 7.45. The van der Waals surface area contributed by atoms with Gasteiger partial charge in [0.15, 0.2) is 5.54 Å². The molecular formula is C22H20N2O4. The molecule has 2 aliphatic heterocycles. The van der Waals surface area contributed by atoms with Gasteiger partial charge in [0.05, 0.1) is 11.6 Å². The summed E-state index contributed by atoms with van der Waals surface area (Å²) in [5.74, 6) is -1.42. The third-order valence-electron chi connectivity index (χ3n) is 5.17. The normalized spacial score (nSPS) is 24.5. The fourth-order valence-corrected chi connectivity index (χ4v) is 3.62. The van der Waals surface area contributed by atoms with Crippen LogP contribution in [0.1, 0.15) is 30.9 Å². The number of aryl methyl sites for hydroxylation is 1. The number of anilines is 1. The van der Waals surface area contributed by atoms with Gasteiger partial charge in [0, 0.05) is 12.0 Å². The number of rotatable bonds is 4. The van der Waals surface area contributed by atoms with Crippen LogP contribution in [0.3, 0.4) is 0 Å². The van der Waals surface area contributed by atoms with Gasteiger partial charge < -0.3 is 4.74 Å². The fourth-order valence-electron chi connectivity index (χ4n) is 3.62. The third kappa shape index (κ3) is 3.11. The van der Waals surface area contributed by atoms with Crippen molar-refractivity contribution in [3.05, 3.63) is 65.7 Å². The van der Waals surface area contributed by atoms with Gasteiger partial charge in [-0.25, -0.2) is 9.79 Å². The molecule has 4 rings (SSSR count). The monoisotopic (exact) mass is 376 g/mol. The van der Waals surface area contributed by atoms with Crippen LogP contribution in [-0.2, 0) is 19.1 Å². The van der Waals surface area contributed by atoms with Gasteiger partial charge in [-0.1, -0.05) is 35.9 Å². The van der Waals surface area contributed by atoms with Crippen LogP contribution >= 0.6 is 0 Å². The van der Waals surface area contributed by atoms with Gasteiger partial charge in [-0.15, -0.1) is 0 Å². The zero-order valence-corrected chi connectivity index (χ0v) is 15.7. The van der Waals surface area contributed by atoms with Gasteiger partial charge in [0.2, 0.25) is 17.7 Å². The first-order valence-electron chi connectivity index (χ1n) is 9.18. The molecule has 6 heteroatoms. The van der Waals surface area contributed by atoms with Gasteiger partial charge >= 0.3 is 5.97 Å². The molecule has 0 aromatic heterocycles. The number of benzene rings is 2. The molecule has 2 atom stereocenters. The molecular weight excluding hydrogens is 356 g/mol. The Morgan fingerprint density at radius 2 is 1.75 bits per heavy atom.